The van der Waals surface area contributed by atoms with E-state index in [0.29, 0.717) is 12.5 Å². The summed E-state index contributed by atoms with van der Waals surface area (Å²) in [4.78, 5) is 13.6. The average Bonchev–Trinajstić information content (AvgIpc) is 2.58. The fraction of sp³-hybridized carbons (Fsp3) is 0.889. The first-order valence-corrected chi connectivity index (χ1v) is 4.74. The van der Waals surface area contributed by atoms with Crippen LogP contribution in [0.2, 0.25) is 0 Å². The van der Waals surface area contributed by atoms with E-state index in [4.69, 9.17) is 5.11 Å². The minimum absolute atomic E-state index is 0.125. The molecule has 0 spiro atoms. The van der Waals surface area contributed by atoms with Crippen LogP contribution in [-0.4, -0.2) is 35.1 Å². The summed E-state index contributed by atoms with van der Waals surface area (Å²) < 4.78 is 0. The molecular weight excluding hydrogens is 154 g/mol. The van der Waals surface area contributed by atoms with E-state index in [-0.39, 0.29) is 18.4 Å². The Labute approximate surface area is 72.4 Å². The lowest BCUT2D eigenvalue weighted by atomic mass is 10.00. The van der Waals surface area contributed by atoms with Crippen LogP contribution in [0.5, 0.6) is 0 Å². The van der Waals surface area contributed by atoms with E-state index in [1.165, 1.54) is 12.8 Å². The van der Waals surface area contributed by atoms with Crippen LogP contribution in [0.3, 0.4) is 0 Å². The fourth-order valence-corrected chi connectivity index (χ4v) is 2.43. The van der Waals surface area contributed by atoms with Crippen LogP contribution in [0.15, 0.2) is 0 Å². The van der Waals surface area contributed by atoms with Gasteiger partial charge in [-0.25, -0.2) is 0 Å². The minimum atomic E-state index is 0.125. The molecular formula is C9H15NO2. The molecule has 0 bridgehead atoms. The molecule has 2 heterocycles. The number of aliphatic hydroxyl groups is 1. The molecule has 2 aliphatic rings. The Morgan fingerprint density at radius 2 is 2.42 bits per heavy atom. The molecule has 1 N–H and O–H groups in total. The van der Waals surface area contributed by atoms with Gasteiger partial charge in [-0.3, -0.25) is 4.79 Å². The number of aliphatic hydroxyl groups excluding tert-OH is 1. The number of carbonyl (C=O) groups excluding carboxylic acids is 1. The molecule has 0 unspecified atom stereocenters. The summed E-state index contributed by atoms with van der Waals surface area (Å²) in [6.07, 6.45) is 3.99. The van der Waals surface area contributed by atoms with Crippen molar-refractivity contribution in [3.8, 4) is 0 Å². The Bertz CT molecular complexity index is 193. The zero-order valence-corrected chi connectivity index (χ0v) is 7.20. The molecule has 3 heteroatoms. The highest BCUT2D eigenvalue weighted by Crippen LogP contribution is 2.33. The van der Waals surface area contributed by atoms with Crippen LogP contribution in [0.1, 0.15) is 25.7 Å². The summed E-state index contributed by atoms with van der Waals surface area (Å²) in [7, 11) is 0. The van der Waals surface area contributed by atoms with Gasteiger partial charge in [0.05, 0.1) is 0 Å². The summed E-state index contributed by atoms with van der Waals surface area (Å²) >= 11 is 0. The molecule has 0 aliphatic carbocycles. The van der Waals surface area contributed by atoms with Crippen molar-refractivity contribution >= 4 is 5.91 Å². The Hall–Kier alpha value is -0.570. The quantitative estimate of drug-likeness (QED) is 0.649. The molecule has 1 amide bonds. The molecule has 2 saturated heterocycles. The normalized spacial score (nSPS) is 34.4. The first kappa shape index (κ1) is 8.05. The first-order chi connectivity index (χ1) is 5.83. The van der Waals surface area contributed by atoms with E-state index in [1.54, 1.807) is 0 Å². The molecule has 2 fully saturated rings. The molecule has 68 valence electrons. The molecule has 12 heavy (non-hydrogen) atoms. The summed E-state index contributed by atoms with van der Waals surface area (Å²) in [6, 6.07) is 0.508. The van der Waals surface area contributed by atoms with Crippen molar-refractivity contribution in [2.45, 2.75) is 31.7 Å². The topological polar surface area (TPSA) is 40.5 Å². The van der Waals surface area contributed by atoms with Gasteiger partial charge in [-0.1, -0.05) is 0 Å². The zero-order valence-electron chi connectivity index (χ0n) is 7.20. The van der Waals surface area contributed by atoms with Crippen LogP contribution in [-0.2, 0) is 4.79 Å². The third kappa shape index (κ3) is 1.12. The van der Waals surface area contributed by atoms with Gasteiger partial charge in [-0.2, -0.15) is 0 Å². The van der Waals surface area contributed by atoms with Crippen molar-refractivity contribution in [2.75, 3.05) is 13.2 Å². The maximum atomic E-state index is 11.6. The summed E-state index contributed by atoms with van der Waals surface area (Å²) in [5, 5.41) is 8.74. The van der Waals surface area contributed by atoms with E-state index in [9.17, 15) is 4.79 Å². The van der Waals surface area contributed by atoms with E-state index in [1.807, 2.05) is 4.90 Å². The SMILES string of the molecule is O=C1[C@H](CCO)C[C@@H]2CCCN12. The highest BCUT2D eigenvalue weighted by molar-refractivity contribution is 5.81. The number of carbonyl (C=O) groups is 1. The molecule has 2 atom stereocenters. The maximum Gasteiger partial charge on any atom is 0.226 e. The van der Waals surface area contributed by atoms with Crippen LogP contribution < -0.4 is 0 Å². The van der Waals surface area contributed by atoms with Gasteiger partial charge in [0.1, 0.15) is 0 Å². The molecule has 2 aliphatic heterocycles. The molecule has 2 rings (SSSR count). The third-order valence-electron chi connectivity index (χ3n) is 3.04. The molecule has 0 aromatic heterocycles. The predicted octanol–water partition coefficient (Wildman–Crippen LogP) is 0.380. The minimum Gasteiger partial charge on any atom is -0.396 e. The Balaban J connectivity index is 2.01. The number of nitrogens with zero attached hydrogens (tertiary/aromatic N) is 1. The second-order valence-electron chi connectivity index (χ2n) is 3.77. The van der Waals surface area contributed by atoms with Gasteiger partial charge in [0.25, 0.3) is 0 Å². The van der Waals surface area contributed by atoms with E-state index in [0.717, 1.165) is 13.0 Å². The van der Waals surface area contributed by atoms with Crippen molar-refractivity contribution in [2.24, 2.45) is 5.92 Å². The van der Waals surface area contributed by atoms with Crippen LogP contribution in [0.4, 0.5) is 0 Å². The number of amides is 1. The fourth-order valence-electron chi connectivity index (χ4n) is 2.43. The smallest absolute Gasteiger partial charge is 0.226 e. The number of hydrogen-bond donors (Lipinski definition) is 1. The highest BCUT2D eigenvalue weighted by atomic mass is 16.3. The third-order valence-corrected chi connectivity index (χ3v) is 3.04. The Morgan fingerprint density at radius 3 is 3.08 bits per heavy atom. The second kappa shape index (κ2) is 3.05. The lowest BCUT2D eigenvalue weighted by molar-refractivity contribution is -0.131. The first-order valence-electron chi connectivity index (χ1n) is 4.74. The number of fused-ring (bicyclic) bond motifs is 1. The molecule has 0 aromatic carbocycles. The lowest BCUT2D eigenvalue weighted by Crippen LogP contribution is -2.28. The summed E-state index contributed by atoms with van der Waals surface area (Å²) in [5.74, 6) is 0.409. The van der Waals surface area contributed by atoms with Crippen LogP contribution in [0.25, 0.3) is 0 Å². The van der Waals surface area contributed by atoms with Crippen molar-refractivity contribution in [1.82, 2.24) is 4.90 Å². The van der Waals surface area contributed by atoms with Gasteiger partial charge in [0.2, 0.25) is 5.91 Å². The summed E-state index contributed by atoms with van der Waals surface area (Å²) in [5.41, 5.74) is 0. The lowest BCUT2D eigenvalue weighted by Gasteiger charge is -2.14. The molecule has 0 saturated carbocycles. The summed E-state index contributed by atoms with van der Waals surface area (Å²) in [6.45, 7) is 1.10. The molecule has 0 radical (unpaired) electrons. The van der Waals surface area contributed by atoms with Gasteiger partial charge < -0.3 is 10.0 Å². The monoisotopic (exact) mass is 169 g/mol. The number of hydrogen-bond acceptors (Lipinski definition) is 2. The second-order valence-corrected chi connectivity index (χ2v) is 3.77. The van der Waals surface area contributed by atoms with Gasteiger partial charge in [0, 0.05) is 25.1 Å². The maximum absolute atomic E-state index is 11.6. The van der Waals surface area contributed by atoms with Gasteiger partial charge in [-0.05, 0) is 25.7 Å². The van der Waals surface area contributed by atoms with Crippen molar-refractivity contribution in [3.63, 3.8) is 0 Å². The molecule has 3 nitrogen and oxygen atoms in total. The van der Waals surface area contributed by atoms with Crippen molar-refractivity contribution in [1.29, 1.82) is 0 Å². The largest absolute Gasteiger partial charge is 0.396 e. The molecule has 0 aromatic rings. The Kier molecular flexibility index (Phi) is 2.05. The van der Waals surface area contributed by atoms with E-state index < -0.39 is 0 Å². The van der Waals surface area contributed by atoms with Crippen LogP contribution in [0, 0.1) is 5.92 Å². The average molecular weight is 169 g/mol. The standard InChI is InChI=1S/C9H15NO2/c11-5-3-7-6-8-2-1-4-10(8)9(7)12/h7-8,11H,1-6H2/t7-,8+/m1/s1. The van der Waals surface area contributed by atoms with Gasteiger partial charge in [0.15, 0.2) is 0 Å². The van der Waals surface area contributed by atoms with Crippen molar-refractivity contribution < 1.29 is 9.90 Å². The zero-order chi connectivity index (χ0) is 8.55. The van der Waals surface area contributed by atoms with Crippen molar-refractivity contribution in [3.05, 3.63) is 0 Å². The highest BCUT2D eigenvalue weighted by Gasteiger charge is 2.40. The van der Waals surface area contributed by atoms with E-state index in [2.05, 4.69) is 0 Å². The van der Waals surface area contributed by atoms with E-state index >= 15 is 0 Å². The van der Waals surface area contributed by atoms with Gasteiger partial charge >= 0.3 is 0 Å². The van der Waals surface area contributed by atoms with Crippen LogP contribution >= 0.6 is 0 Å². The number of rotatable bonds is 2. The van der Waals surface area contributed by atoms with Gasteiger partial charge in [-0.15, -0.1) is 0 Å². The predicted molar refractivity (Wildman–Crippen MR) is 44.5 cm³/mol. The Morgan fingerprint density at radius 1 is 1.58 bits per heavy atom.